The van der Waals surface area contributed by atoms with Gasteiger partial charge in [0.2, 0.25) is 5.91 Å². The van der Waals surface area contributed by atoms with Crippen LogP contribution in [0.3, 0.4) is 0 Å². The predicted octanol–water partition coefficient (Wildman–Crippen LogP) is 3.82. The van der Waals surface area contributed by atoms with Gasteiger partial charge < -0.3 is 19.1 Å². The summed E-state index contributed by atoms with van der Waals surface area (Å²) < 4.78 is 40.1. The maximum Gasteiger partial charge on any atom is 0.303 e. The zero-order chi connectivity index (χ0) is 29.7. The summed E-state index contributed by atoms with van der Waals surface area (Å²) in [6.45, 7) is 2.51. The third kappa shape index (κ3) is 7.49. The molecule has 0 unspecified atom stereocenters. The summed E-state index contributed by atoms with van der Waals surface area (Å²) in [6.07, 6.45) is 6.41. The SMILES string of the molecule is COc1cc([C@@H](O)[C@@H](CC2Cc3ccccc3C2)Cn2ccc(CCC(=O)NS(=O)(=O)N(C)C)c2)cc(OC)c1C. The average Bonchev–Trinajstić information content (AvgIpc) is 3.57. The first-order valence-corrected chi connectivity index (χ1v) is 15.3. The Kier molecular flexibility index (Phi) is 9.78. The zero-order valence-corrected chi connectivity index (χ0v) is 25.3. The monoisotopic (exact) mass is 583 g/mol. The van der Waals surface area contributed by atoms with E-state index in [1.807, 2.05) is 42.1 Å². The number of aryl methyl sites for hydroxylation is 1. The molecule has 0 aliphatic heterocycles. The topological polar surface area (TPSA) is 110 Å². The number of aliphatic hydroxyl groups excluding tert-OH is 1. The number of fused-ring (bicyclic) bond motifs is 1. The lowest BCUT2D eigenvalue weighted by molar-refractivity contribution is -0.119. The van der Waals surface area contributed by atoms with Gasteiger partial charge in [-0.25, -0.2) is 4.72 Å². The lowest BCUT2D eigenvalue weighted by Crippen LogP contribution is -2.39. The number of carbonyl (C=O) groups excluding carboxylic acids is 1. The number of aliphatic hydroxyl groups is 1. The molecule has 3 aromatic rings. The molecule has 1 heterocycles. The highest BCUT2D eigenvalue weighted by Gasteiger charge is 2.30. The minimum atomic E-state index is -3.81. The summed E-state index contributed by atoms with van der Waals surface area (Å²) in [5.74, 6) is 1.10. The fourth-order valence-corrected chi connectivity index (χ4v) is 6.24. The molecular formula is C31H41N3O6S. The molecule has 2 atom stereocenters. The Morgan fingerprint density at radius 2 is 1.71 bits per heavy atom. The van der Waals surface area contributed by atoms with Crippen LogP contribution in [0.2, 0.25) is 0 Å². The normalized spacial score (nSPS) is 15.0. The van der Waals surface area contributed by atoms with Gasteiger partial charge in [0.25, 0.3) is 0 Å². The van der Waals surface area contributed by atoms with Crippen LogP contribution >= 0.6 is 0 Å². The highest BCUT2D eigenvalue weighted by molar-refractivity contribution is 7.87. The zero-order valence-electron chi connectivity index (χ0n) is 24.5. The van der Waals surface area contributed by atoms with Crippen molar-refractivity contribution in [2.45, 2.75) is 51.7 Å². The van der Waals surface area contributed by atoms with Gasteiger partial charge in [0.15, 0.2) is 0 Å². The summed E-state index contributed by atoms with van der Waals surface area (Å²) in [5.41, 5.74) is 5.30. The quantitative estimate of drug-likeness (QED) is 0.317. The smallest absolute Gasteiger partial charge is 0.303 e. The van der Waals surface area contributed by atoms with Crippen molar-refractivity contribution in [3.05, 3.63) is 82.7 Å². The second kappa shape index (κ2) is 13.1. The lowest BCUT2D eigenvalue weighted by Gasteiger charge is -2.27. The van der Waals surface area contributed by atoms with Crippen LogP contribution in [0.1, 0.15) is 46.8 Å². The Balaban J connectivity index is 1.51. The molecule has 1 amide bonds. The summed E-state index contributed by atoms with van der Waals surface area (Å²) in [7, 11) is 2.16. The molecule has 0 radical (unpaired) electrons. The molecule has 4 rings (SSSR count). The molecule has 2 aromatic carbocycles. The number of carbonyl (C=O) groups is 1. The summed E-state index contributed by atoms with van der Waals surface area (Å²) in [4.78, 5) is 12.2. The molecule has 2 N–H and O–H groups in total. The first kappa shape index (κ1) is 30.6. The summed E-state index contributed by atoms with van der Waals surface area (Å²) in [5, 5.41) is 11.7. The van der Waals surface area contributed by atoms with E-state index < -0.39 is 22.2 Å². The molecule has 0 bridgehead atoms. The predicted molar refractivity (Wildman–Crippen MR) is 158 cm³/mol. The Morgan fingerprint density at radius 1 is 1.10 bits per heavy atom. The molecule has 0 saturated heterocycles. The van der Waals surface area contributed by atoms with E-state index in [-0.39, 0.29) is 12.3 Å². The van der Waals surface area contributed by atoms with Crippen molar-refractivity contribution < 1.29 is 27.8 Å². The number of nitrogens with one attached hydrogen (secondary N) is 1. The van der Waals surface area contributed by atoms with E-state index in [0.717, 1.165) is 40.3 Å². The van der Waals surface area contributed by atoms with E-state index in [9.17, 15) is 18.3 Å². The van der Waals surface area contributed by atoms with E-state index in [2.05, 4.69) is 29.0 Å². The van der Waals surface area contributed by atoms with Crippen LogP contribution in [0.5, 0.6) is 11.5 Å². The van der Waals surface area contributed by atoms with Crippen LogP contribution in [0.15, 0.2) is 54.9 Å². The minimum Gasteiger partial charge on any atom is -0.496 e. The molecule has 0 spiro atoms. The summed E-state index contributed by atoms with van der Waals surface area (Å²) in [6, 6.07) is 14.2. The first-order valence-electron chi connectivity index (χ1n) is 13.9. The average molecular weight is 584 g/mol. The maximum absolute atomic E-state index is 12.2. The van der Waals surface area contributed by atoms with E-state index in [1.54, 1.807) is 14.2 Å². The van der Waals surface area contributed by atoms with Gasteiger partial charge in [0.1, 0.15) is 11.5 Å². The van der Waals surface area contributed by atoms with Crippen molar-refractivity contribution >= 4 is 16.1 Å². The first-order chi connectivity index (χ1) is 19.5. The molecule has 10 heteroatoms. The van der Waals surface area contributed by atoms with Crippen LogP contribution in [-0.2, 0) is 40.8 Å². The molecule has 41 heavy (non-hydrogen) atoms. The molecule has 222 valence electrons. The van der Waals surface area contributed by atoms with E-state index >= 15 is 0 Å². The highest BCUT2D eigenvalue weighted by atomic mass is 32.2. The molecule has 0 saturated carbocycles. The van der Waals surface area contributed by atoms with Gasteiger partial charge in [-0.1, -0.05) is 24.3 Å². The van der Waals surface area contributed by atoms with Crippen LogP contribution in [0.4, 0.5) is 0 Å². The van der Waals surface area contributed by atoms with Crippen LogP contribution in [0.25, 0.3) is 0 Å². The van der Waals surface area contributed by atoms with Crippen LogP contribution in [0, 0.1) is 18.8 Å². The molecule has 1 aliphatic carbocycles. The Bertz CT molecular complexity index is 1420. The number of rotatable bonds is 13. The minimum absolute atomic E-state index is 0.0480. The fourth-order valence-electron chi connectivity index (χ4n) is 5.66. The van der Waals surface area contributed by atoms with Crippen LogP contribution in [-0.4, -0.2) is 56.6 Å². The molecular weight excluding hydrogens is 542 g/mol. The third-order valence-corrected chi connectivity index (χ3v) is 9.40. The number of benzene rings is 2. The van der Waals surface area contributed by atoms with Crippen molar-refractivity contribution in [1.29, 1.82) is 0 Å². The standard InChI is InChI=1S/C31H41N3O6S/c1-21-28(39-4)17-26(18-29(21)40-5)31(36)27(16-23-14-24-8-6-7-9-25(24)15-23)20-34-13-12-22(19-34)10-11-30(35)32-41(37,38)33(2)3/h6-9,12-13,17-19,23,27,31,36H,10-11,14-16,20H2,1-5H3,(H,32,35)/t27-,31+/m0/s1. The number of amides is 1. The second-order valence-electron chi connectivity index (χ2n) is 11.1. The van der Waals surface area contributed by atoms with Gasteiger partial charge in [-0.15, -0.1) is 0 Å². The molecule has 1 aromatic heterocycles. The molecule has 9 nitrogen and oxygen atoms in total. The van der Waals surface area contributed by atoms with Gasteiger partial charge in [-0.05, 0) is 79.0 Å². The maximum atomic E-state index is 12.2. The van der Waals surface area contributed by atoms with Gasteiger partial charge in [0.05, 0.1) is 20.3 Å². The van der Waals surface area contributed by atoms with E-state index in [4.69, 9.17) is 9.47 Å². The highest BCUT2D eigenvalue weighted by Crippen LogP contribution is 2.39. The second-order valence-corrected chi connectivity index (χ2v) is 12.9. The third-order valence-electron chi connectivity index (χ3n) is 7.96. The van der Waals surface area contributed by atoms with Gasteiger partial charge >= 0.3 is 10.2 Å². The number of hydrogen-bond donors (Lipinski definition) is 2. The van der Waals surface area contributed by atoms with Gasteiger partial charge in [-0.3, -0.25) is 4.79 Å². The van der Waals surface area contributed by atoms with Crippen molar-refractivity contribution in [1.82, 2.24) is 13.6 Å². The Morgan fingerprint density at radius 3 is 2.27 bits per heavy atom. The number of hydrogen-bond acceptors (Lipinski definition) is 6. The lowest BCUT2D eigenvalue weighted by atomic mass is 9.85. The van der Waals surface area contributed by atoms with Crippen molar-refractivity contribution in [2.24, 2.45) is 11.8 Å². The fraction of sp³-hybridized carbons (Fsp3) is 0.452. The van der Waals surface area contributed by atoms with E-state index in [1.165, 1.54) is 25.2 Å². The number of methoxy groups -OCH3 is 2. The van der Waals surface area contributed by atoms with Crippen molar-refractivity contribution in [3.8, 4) is 11.5 Å². The Labute approximate surface area is 243 Å². The van der Waals surface area contributed by atoms with E-state index in [0.29, 0.717) is 30.4 Å². The van der Waals surface area contributed by atoms with Crippen molar-refractivity contribution in [2.75, 3.05) is 28.3 Å². The number of aromatic nitrogens is 1. The Hall–Kier alpha value is -3.34. The number of nitrogens with zero attached hydrogens (tertiary/aromatic N) is 2. The van der Waals surface area contributed by atoms with Crippen molar-refractivity contribution in [3.63, 3.8) is 0 Å². The largest absolute Gasteiger partial charge is 0.496 e. The van der Waals surface area contributed by atoms with Gasteiger partial charge in [0, 0.05) is 50.9 Å². The molecule has 0 fully saturated rings. The van der Waals surface area contributed by atoms with Crippen LogP contribution < -0.4 is 14.2 Å². The summed E-state index contributed by atoms with van der Waals surface area (Å²) >= 11 is 0. The molecule has 1 aliphatic rings. The van der Waals surface area contributed by atoms with Gasteiger partial charge in [-0.2, -0.15) is 12.7 Å². The number of ether oxygens (including phenoxy) is 2.